The van der Waals surface area contributed by atoms with Crippen LogP contribution in [0.25, 0.3) is 0 Å². The quantitative estimate of drug-likeness (QED) is 0.821. The first-order valence-electron chi connectivity index (χ1n) is 6.70. The van der Waals surface area contributed by atoms with Crippen molar-refractivity contribution in [3.05, 3.63) is 57.8 Å². The van der Waals surface area contributed by atoms with Crippen LogP contribution in [0.3, 0.4) is 0 Å². The van der Waals surface area contributed by atoms with Crippen molar-refractivity contribution in [2.45, 2.75) is 11.8 Å². The summed E-state index contributed by atoms with van der Waals surface area (Å²) in [5.74, 6) is -1.14. The van der Waals surface area contributed by atoms with E-state index in [1.54, 1.807) is 6.07 Å². The van der Waals surface area contributed by atoms with Crippen LogP contribution in [-0.4, -0.2) is 20.9 Å². The van der Waals surface area contributed by atoms with Crippen LogP contribution >= 0.6 is 23.2 Å². The zero-order valence-electron chi connectivity index (χ0n) is 12.4. The molecule has 0 aliphatic rings. The number of halogens is 3. The fourth-order valence-electron chi connectivity index (χ4n) is 1.82. The molecule has 2 aromatic carbocycles. The number of anilines is 1. The lowest BCUT2D eigenvalue weighted by Gasteiger charge is -2.10. The van der Waals surface area contributed by atoms with Gasteiger partial charge in [0.1, 0.15) is 5.82 Å². The molecule has 2 aromatic rings. The van der Waals surface area contributed by atoms with Gasteiger partial charge in [0, 0.05) is 5.02 Å². The third kappa shape index (κ3) is 4.67. The predicted octanol–water partition coefficient (Wildman–Crippen LogP) is 3.36. The van der Waals surface area contributed by atoms with Gasteiger partial charge in [0.05, 0.1) is 22.2 Å². The Morgan fingerprint density at radius 2 is 1.88 bits per heavy atom. The maximum Gasteiger partial charge on any atom is 0.241 e. The van der Waals surface area contributed by atoms with Crippen LogP contribution in [0.15, 0.2) is 41.3 Å². The van der Waals surface area contributed by atoms with Gasteiger partial charge in [-0.15, -0.1) is 0 Å². The molecular formula is C15H13Cl2FN2O3S. The van der Waals surface area contributed by atoms with E-state index in [9.17, 15) is 17.6 Å². The van der Waals surface area contributed by atoms with Crippen LogP contribution in [0.2, 0.25) is 10.0 Å². The third-order valence-corrected chi connectivity index (χ3v) is 5.03. The maximum atomic E-state index is 13.2. The molecule has 0 fully saturated rings. The molecule has 0 spiro atoms. The highest BCUT2D eigenvalue weighted by Gasteiger charge is 2.17. The molecule has 0 aliphatic heterocycles. The molecule has 0 heterocycles. The second-order valence-corrected chi connectivity index (χ2v) is 7.52. The van der Waals surface area contributed by atoms with Crippen LogP contribution in [0.4, 0.5) is 10.1 Å². The lowest BCUT2D eigenvalue weighted by atomic mass is 10.2. The Morgan fingerprint density at radius 3 is 2.54 bits per heavy atom. The van der Waals surface area contributed by atoms with E-state index in [-0.39, 0.29) is 21.2 Å². The van der Waals surface area contributed by atoms with Gasteiger partial charge in [-0.2, -0.15) is 0 Å². The molecule has 5 nitrogen and oxygen atoms in total. The monoisotopic (exact) mass is 390 g/mol. The van der Waals surface area contributed by atoms with Crippen molar-refractivity contribution in [2.75, 3.05) is 11.9 Å². The van der Waals surface area contributed by atoms with Crippen molar-refractivity contribution in [2.24, 2.45) is 0 Å². The summed E-state index contributed by atoms with van der Waals surface area (Å²) in [5.41, 5.74) is 0.457. The number of amides is 1. The summed E-state index contributed by atoms with van der Waals surface area (Å²) in [5, 5.41) is 3.09. The minimum Gasteiger partial charge on any atom is -0.324 e. The number of hydrogen-bond donors (Lipinski definition) is 2. The first-order valence-corrected chi connectivity index (χ1v) is 8.93. The number of benzene rings is 2. The van der Waals surface area contributed by atoms with Crippen LogP contribution < -0.4 is 10.0 Å². The van der Waals surface area contributed by atoms with Crippen LogP contribution in [-0.2, 0) is 14.8 Å². The van der Waals surface area contributed by atoms with E-state index in [0.717, 1.165) is 12.1 Å². The van der Waals surface area contributed by atoms with Crippen molar-refractivity contribution < 1.29 is 17.6 Å². The lowest BCUT2D eigenvalue weighted by Crippen LogP contribution is -2.33. The van der Waals surface area contributed by atoms with Crippen molar-refractivity contribution in [1.29, 1.82) is 0 Å². The van der Waals surface area contributed by atoms with E-state index in [2.05, 4.69) is 10.0 Å². The number of sulfonamides is 1. The molecule has 0 bridgehead atoms. The van der Waals surface area contributed by atoms with Gasteiger partial charge in [0.25, 0.3) is 0 Å². The Hall–Kier alpha value is -1.67. The number of carbonyl (C=O) groups is 1. The average Bonchev–Trinajstić information content (AvgIpc) is 2.51. The molecule has 1 amide bonds. The molecule has 0 aliphatic carbocycles. The summed E-state index contributed by atoms with van der Waals surface area (Å²) in [6.07, 6.45) is 0. The Kier molecular flexibility index (Phi) is 5.82. The van der Waals surface area contributed by atoms with Gasteiger partial charge in [0.15, 0.2) is 0 Å². The Bertz CT molecular complexity index is 888. The zero-order chi connectivity index (χ0) is 17.9. The van der Waals surface area contributed by atoms with Crippen molar-refractivity contribution >= 4 is 44.8 Å². The number of nitrogens with one attached hydrogen (secondary N) is 2. The van der Waals surface area contributed by atoms with E-state index >= 15 is 0 Å². The van der Waals surface area contributed by atoms with Gasteiger partial charge in [-0.05, 0) is 48.9 Å². The fraction of sp³-hybridized carbons (Fsp3) is 0.133. The standard InChI is InChI=1S/C15H13Cl2FN2O3S/c1-9-6-11(3-5-13(9)18)24(22,23)19-8-15(21)20-14-7-10(16)2-4-12(14)17/h2-7,19H,8H2,1H3,(H,20,21). The molecule has 128 valence electrons. The molecule has 24 heavy (non-hydrogen) atoms. The van der Waals surface area contributed by atoms with Gasteiger partial charge in [0.2, 0.25) is 15.9 Å². The topological polar surface area (TPSA) is 75.3 Å². The summed E-state index contributed by atoms with van der Waals surface area (Å²) in [4.78, 5) is 11.7. The normalized spacial score (nSPS) is 11.3. The third-order valence-electron chi connectivity index (χ3n) is 3.06. The second kappa shape index (κ2) is 7.48. The SMILES string of the molecule is Cc1cc(S(=O)(=O)NCC(=O)Nc2cc(Cl)ccc2Cl)ccc1F. The van der Waals surface area contributed by atoms with Crippen molar-refractivity contribution in [1.82, 2.24) is 4.72 Å². The molecule has 0 atom stereocenters. The highest BCUT2D eigenvalue weighted by atomic mass is 35.5. The van der Waals surface area contributed by atoms with Crippen LogP contribution in [0, 0.1) is 12.7 Å². The number of rotatable bonds is 5. The predicted molar refractivity (Wildman–Crippen MR) is 91.4 cm³/mol. The minimum absolute atomic E-state index is 0.130. The van der Waals surface area contributed by atoms with Crippen molar-refractivity contribution in [3.8, 4) is 0 Å². The van der Waals surface area contributed by atoms with Gasteiger partial charge < -0.3 is 5.32 Å². The molecule has 0 saturated carbocycles. The van der Waals surface area contributed by atoms with Crippen LogP contribution in [0.5, 0.6) is 0 Å². The van der Waals surface area contributed by atoms with E-state index in [1.807, 2.05) is 0 Å². The zero-order valence-corrected chi connectivity index (χ0v) is 14.8. The Morgan fingerprint density at radius 1 is 1.17 bits per heavy atom. The molecular weight excluding hydrogens is 378 g/mol. The van der Waals surface area contributed by atoms with Gasteiger partial charge >= 0.3 is 0 Å². The Balaban J connectivity index is 2.04. The molecule has 0 unspecified atom stereocenters. The lowest BCUT2D eigenvalue weighted by molar-refractivity contribution is -0.115. The van der Waals surface area contributed by atoms with E-state index in [1.165, 1.54) is 25.1 Å². The molecule has 0 aromatic heterocycles. The fourth-order valence-corrected chi connectivity index (χ4v) is 3.22. The first-order chi connectivity index (χ1) is 11.2. The van der Waals surface area contributed by atoms with Gasteiger partial charge in [-0.1, -0.05) is 23.2 Å². The smallest absolute Gasteiger partial charge is 0.241 e. The summed E-state index contributed by atoms with van der Waals surface area (Å²) in [6.45, 7) is 0.934. The molecule has 2 N–H and O–H groups in total. The number of carbonyl (C=O) groups excluding carboxylic acids is 1. The summed E-state index contributed by atoms with van der Waals surface area (Å²) >= 11 is 11.7. The highest BCUT2D eigenvalue weighted by molar-refractivity contribution is 7.89. The largest absolute Gasteiger partial charge is 0.324 e. The van der Waals surface area contributed by atoms with E-state index in [4.69, 9.17) is 23.2 Å². The molecule has 2 rings (SSSR count). The van der Waals surface area contributed by atoms with E-state index < -0.39 is 28.3 Å². The molecule has 0 radical (unpaired) electrons. The average molecular weight is 391 g/mol. The van der Waals surface area contributed by atoms with Gasteiger partial charge in [-0.3, -0.25) is 4.79 Å². The highest BCUT2D eigenvalue weighted by Crippen LogP contribution is 2.25. The van der Waals surface area contributed by atoms with Crippen molar-refractivity contribution in [3.63, 3.8) is 0 Å². The van der Waals surface area contributed by atoms with Crippen LogP contribution in [0.1, 0.15) is 5.56 Å². The van der Waals surface area contributed by atoms with E-state index in [0.29, 0.717) is 5.02 Å². The maximum absolute atomic E-state index is 13.2. The Labute approximate surface area is 148 Å². The first kappa shape index (κ1) is 18.7. The summed E-state index contributed by atoms with van der Waals surface area (Å²) in [6, 6.07) is 7.86. The molecule has 0 saturated heterocycles. The second-order valence-electron chi connectivity index (χ2n) is 4.91. The summed E-state index contributed by atoms with van der Waals surface area (Å²) < 4.78 is 39.6. The summed E-state index contributed by atoms with van der Waals surface area (Å²) in [7, 11) is -3.94. The number of hydrogen-bond acceptors (Lipinski definition) is 3. The number of aryl methyl sites for hydroxylation is 1. The minimum atomic E-state index is -3.94. The molecule has 9 heteroatoms. The van der Waals surface area contributed by atoms with Gasteiger partial charge in [-0.25, -0.2) is 17.5 Å².